The lowest BCUT2D eigenvalue weighted by molar-refractivity contribution is -0.0398. The van der Waals surface area contributed by atoms with Crippen molar-refractivity contribution in [3.05, 3.63) is 29.0 Å². The quantitative estimate of drug-likeness (QED) is 0.679. The molecule has 2 aliphatic heterocycles. The molecule has 2 aromatic rings. The number of anilines is 1. The Bertz CT molecular complexity index is 801. The first kappa shape index (κ1) is 17.8. The number of hydrogen-bond acceptors (Lipinski definition) is 7. The Labute approximate surface area is 154 Å². The first-order valence-corrected chi connectivity index (χ1v) is 8.86. The Morgan fingerprint density at radius 2 is 2.12 bits per heavy atom. The fraction of sp³-hybridized carbons (Fsp3) is 0.529. The SMILES string of the molecule is [O]C[C@H]1O[C@@H](c2ccc3c(N[C@@H]4CCOC4)nc(Cl)nc3c2)[C@H](O)[C@@H]1O. The third kappa shape index (κ3) is 3.24. The summed E-state index contributed by atoms with van der Waals surface area (Å²) in [6.45, 7) is 0.699. The number of hydrogen-bond donors (Lipinski definition) is 3. The van der Waals surface area contributed by atoms with Crippen LogP contribution < -0.4 is 5.32 Å². The van der Waals surface area contributed by atoms with Gasteiger partial charge in [-0.1, -0.05) is 6.07 Å². The van der Waals surface area contributed by atoms with Crippen molar-refractivity contribution in [2.24, 2.45) is 0 Å². The molecule has 26 heavy (non-hydrogen) atoms. The molecule has 139 valence electrons. The molecule has 0 unspecified atom stereocenters. The molecule has 1 aromatic carbocycles. The van der Waals surface area contributed by atoms with Crippen molar-refractivity contribution >= 4 is 28.3 Å². The van der Waals surface area contributed by atoms with Gasteiger partial charge in [0, 0.05) is 12.0 Å². The lowest BCUT2D eigenvalue weighted by Gasteiger charge is -2.17. The van der Waals surface area contributed by atoms with E-state index in [0.29, 0.717) is 30.1 Å². The number of nitrogens with one attached hydrogen (secondary N) is 1. The van der Waals surface area contributed by atoms with Crippen molar-refractivity contribution in [1.29, 1.82) is 0 Å². The Balaban J connectivity index is 1.67. The van der Waals surface area contributed by atoms with Gasteiger partial charge in [-0.2, -0.15) is 0 Å². The van der Waals surface area contributed by atoms with Gasteiger partial charge >= 0.3 is 0 Å². The monoisotopic (exact) mass is 380 g/mol. The van der Waals surface area contributed by atoms with Crippen LogP contribution in [0, 0.1) is 0 Å². The van der Waals surface area contributed by atoms with Crippen LogP contribution in [0.3, 0.4) is 0 Å². The van der Waals surface area contributed by atoms with Crippen molar-refractivity contribution in [3.8, 4) is 0 Å². The highest BCUT2D eigenvalue weighted by atomic mass is 35.5. The van der Waals surface area contributed by atoms with Crippen molar-refractivity contribution in [2.45, 2.75) is 36.9 Å². The highest BCUT2D eigenvalue weighted by molar-refractivity contribution is 6.28. The topological polar surface area (TPSA) is 117 Å². The maximum atomic E-state index is 11.1. The number of aliphatic hydroxyl groups is 2. The molecular weight excluding hydrogens is 362 g/mol. The van der Waals surface area contributed by atoms with Gasteiger partial charge in [-0.15, -0.1) is 0 Å². The number of rotatable bonds is 4. The van der Waals surface area contributed by atoms with Crippen LogP contribution in [0.2, 0.25) is 5.28 Å². The second kappa shape index (κ2) is 7.22. The van der Waals surface area contributed by atoms with Crippen molar-refractivity contribution in [3.63, 3.8) is 0 Å². The van der Waals surface area contributed by atoms with Crippen LogP contribution in [-0.4, -0.2) is 64.4 Å². The van der Waals surface area contributed by atoms with Gasteiger partial charge in [0.05, 0.1) is 18.2 Å². The molecule has 5 atom stereocenters. The third-order valence-corrected chi connectivity index (χ3v) is 4.99. The number of aliphatic hydroxyl groups excluding tert-OH is 2. The maximum Gasteiger partial charge on any atom is 0.224 e. The molecular formula is C17H19ClN3O5. The molecule has 2 fully saturated rings. The number of benzene rings is 1. The minimum Gasteiger partial charge on any atom is -0.387 e. The second-order valence-electron chi connectivity index (χ2n) is 6.57. The van der Waals surface area contributed by atoms with E-state index in [1.807, 2.05) is 6.07 Å². The molecule has 0 amide bonds. The zero-order valence-corrected chi connectivity index (χ0v) is 14.6. The summed E-state index contributed by atoms with van der Waals surface area (Å²) in [5, 5.41) is 35.4. The van der Waals surface area contributed by atoms with E-state index >= 15 is 0 Å². The predicted molar refractivity (Wildman–Crippen MR) is 92.6 cm³/mol. The minimum atomic E-state index is -1.21. The molecule has 0 spiro atoms. The molecule has 0 aliphatic carbocycles. The van der Waals surface area contributed by atoms with Crippen molar-refractivity contribution < 1.29 is 24.8 Å². The van der Waals surface area contributed by atoms with E-state index < -0.39 is 31.0 Å². The van der Waals surface area contributed by atoms with Gasteiger partial charge in [0.1, 0.15) is 36.8 Å². The molecule has 2 aliphatic rings. The number of fused-ring (bicyclic) bond motifs is 1. The van der Waals surface area contributed by atoms with Crippen LogP contribution in [0.4, 0.5) is 5.82 Å². The molecule has 1 aromatic heterocycles. The number of aromatic nitrogens is 2. The summed E-state index contributed by atoms with van der Waals surface area (Å²) in [5.74, 6) is 0.618. The van der Waals surface area contributed by atoms with E-state index in [1.165, 1.54) is 0 Å². The van der Waals surface area contributed by atoms with E-state index in [9.17, 15) is 15.3 Å². The number of halogens is 1. The molecule has 4 rings (SSSR count). The van der Waals surface area contributed by atoms with Crippen LogP contribution in [0.25, 0.3) is 10.9 Å². The highest BCUT2D eigenvalue weighted by Crippen LogP contribution is 2.35. The van der Waals surface area contributed by atoms with Gasteiger partial charge < -0.3 is 25.0 Å². The Morgan fingerprint density at radius 1 is 1.27 bits per heavy atom. The van der Waals surface area contributed by atoms with Crippen molar-refractivity contribution in [1.82, 2.24) is 9.97 Å². The Hall–Kier alpha value is -1.55. The molecule has 0 saturated carbocycles. The van der Waals surface area contributed by atoms with Crippen LogP contribution in [0.15, 0.2) is 18.2 Å². The van der Waals surface area contributed by atoms with Gasteiger partial charge in [0.2, 0.25) is 5.28 Å². The molecule has 0 bridgehead atoms. The molecule has 9 heteroatoms. The summed E-state index contributed by atoms with van der Waals surface area (Å²) >= 11 is 6.06. The largest absolute Gasteiger partial charge is 0.387 e. The fourth-order valence-corrected chi connectivity index (χ4v) is 3.58. The number of nitrogens with zero attached hydrogens (tertiary/aromatic N) is 2. The molecule has 3 heterocycles. The average Bonchev–Trinajstić information content (AvgIpc) is 3.23. The highest BCUT2D eigenvalue weighted by Gasteiger charge is 2.43. The standard InChI is InChI=1S/C17H19ClN3O5/c18-17-20-11-5-8(15-14(24)13(23)12(6-22)26-15)1-2-10(11)16(21-17)19-9-3-4-25-7-9/h1-2,5,9,12-15,23-24H,3-4,6-7H2,(H,19,20,21)/t9-,12-,13-,14-,15+/m1/s1. The summed E-state index contributed by atoms with van der Waals surface area (Å²) in [4.78, 5) is 8.52. The van der Waals surface area contributed by atoms with Gasteiger partial charge in [-0.3, -0.25) is 0 Å². The first-order valence-electron chi connectivity index (χ1n) is 8.48. The van der Waals surface area contributed by atoms with Gasteiger partial charge in [-0.25, -0.2) is 15.1 Å². The molecule has 3 N–H and O–H groups in total. The summed E-state index contributed by atoms with van der Waals surface area (Å²) in [6.07, 6.45) is -3.21. The minimum absolute atomic E-state index is 0.0985. The zero-order chi connectivity index (χ0) is 18.3. The first-order chi connectivity index (χ1) is 12.6. The second-order valence-corrected chi connectivity index (χ2v) is 6.90. The van der Waals surface area contributed by atoms with Crippen LogP contribution >= 0.6 is 11.6 Å². The Kier molecular flexibility index (Phi) is 4.96. The number of ether oxygens (including phenoxy) is 2. The summed E-state index contributed by atoms with van der Waals surface area (Å²) in [7, 11) is 0. The van der Waals surface area contributed by atoms with Crippen LogP contribution in [0.1, 0.15) is 18.1 Å². The van der Waals surface area contributed by atoms with E-state index in [-0.39, 0.29) is 11.3 Å². The lowest BCUT2D eigenvalue weighted by Crippen LogP contribution is -2.32. The summed E-state index contributed by atoms with van der Waals surface area (Å²) < 4.78 is 10.9. The fourth-order valence-electron chi connectivity index (χ4n) is 3.41. The normalized spacial score (nSPS) is 31.6. The average molecular weight is 381 g/mol. The van der Waals surface area contributed by atoms with E-state index in [0.717, 1.165) is 11.8 Å². The van der Waals surface area contributed by atoms with E-state index in [4.69, 9.17) is 21.1 Å². The van der Waals surface area contributed by atoms with Crippen molar-refractivity contribution in [2.75, 3.05) is 25.1 Å². The Morgan fingerprint density at radius 3 is 2.81 bits per heavy atom. The third-order valence-electron chi connectivity index (χ3n) is 4.82. The zero-order valence-electron chi connectivity index (χ0n) is 13.8. The van der Waals surface area contributed by atoms with Crippen LogP contribution in [-0.2, 0) is 14.6 Å². The predicted octanol–water partition coefficient (Wildman–Crippen LogP) is 1.08. The van der Waals surface area contributed by atoms with E-state index in [1.54, 1.807) is 12.1 Å². The maximum absolute atomic E-state index is 11.1. The molecule has 1 radical (unpaired) electrons. The summed E-state index contributed by atoms with van der Waals surface area (Å²) in [6, 6.07) is 5.47. The van der Waals surface area contributed by atoms with Gasteiger partial charge in [0.25, 0.3) is 0 Å². The van der Waals surface area contributed by atoms with Gasteiger partial charge in [-0.05, 0) is 35.7 Å². The molecule has 8 nitrogen and oxygen atoms in total. The van der Waals surface area contributed by atoms with Gasteiger partial charge in [0.15, 0.2) is 0 Å². The van der Waals surface area contributed by atoms with E-state index in [2.05, 4.69) is 15.3 Å². The van der Waals surface area contributed by atoms with Crippen LogP contribution in [0.5, 0.6) is 0 Å². The smallest absolute Gasteiger partial charge is 0.224 e. The summed E-state index contributed by atoms with van der Waals surface area (Å²) in [5.41, 5.74) is 1.20. The molecule has 2 saturated heterocycles. The lowest BCUT2D eigenvalue weighted by atomic mass is 10.0.